The van der Waals surface area contributed by atoms with Gasteiger partial charge in [0.05, 0.1) is 17.1 Å². The van der Waals surface area contributed by atoms with Crippen LogP contribution in [0.2, 0.25) is 0 Å². The van der Waals surface area contributed by atoms with Gasteiger partial charge in [-0.05, 0) is 62.9 Å². The van der Waals surface area contributed by atoms with Gasteiger partial charge in [0.2, 0.25) is 0 Å². The van der Waals surface area contributed by atoms with E-state index in [2.05, 4.69) is 106 Å². The van der Waals surface area contributed by atoms with Crippen LogP contribution in [0.1, 0.15) is 34.7 Å². The van der Waals surface area contributed by atoms with Gasteiger partial charge in [0, 0.05) is 11.1 Å². The van der Waals surface area contributed by atoms with Crippen LogP contribution in [0.5, 0.6) is 0 Å². The standard InChI is InChI=1S/C27H28N2/c1-6-22-9-7-8-10-26(22)29-27(24-14-12-19(3)16-21(24)5)17-25(28-29)23-13-11-18(2)15-20(23)4/h7-17H,6H2,1-5H3. The number of aryl methyl sites for hydroxylation is 5. The molecule has 0 saturated carbocycles. The first-order valence-electron chi connectivity index (χ1n) is 10.3. The van der Waals surface area contributed by atoms with Crippen molar-refractivity contribution in [2.24, 2.45) is 0 Å². The molecule has 0 spiro atoms. The van der Waals surface area contributed by atoms with E-state index in [1.807, 2.05) is 0 Å². The number of rotatable bonds is 4. The molecular formula is C27H28N2. The van der Waals surface area contributed by atoms with Crippen LogP contribution in [0.3, 0.4) is 0 Å². The van der Waals surface area contributed by atoms with Crippen LogP contribution in [0.25, 0.3) is 28.2 Å². The van der Waals surface area contributed by atoms with E-state index in [9.17, 15) is 0 Å². The largest absolute Gasteiger partial charge is 0.232 e. The zero-order valence-electron chi connectivity index (χ0n) is 18.0. The summed E-state index contributed by atoms with van der Waals surface area (Å²) in [6.07, 6.45) is 0.973. The highest BCUT2D eigenvalue weighted by molar-refractivity contribution is 5.74. The number of benzene rings is 3. The Balaban J connectivity index is 1.99. The fourth-order valence-corrected chi connectivity index (χ4v) is 4.11. The molecule has 0 aliphatic rings. The molecule has 0 aliphatic carbocycles. The third kappa shape index (κ3) is 3.63. The van der Waals surface area contributed by atoms with Crippen molar-refractivity contribution in [3.63, 3.8) is 0 Å². The summed E-state index contributed by atoms with van der Waals surface area (Å²) in [5.41, 5.74) is 12.1. The molecule has 0 N–H and O–H groups in total. The third-order valence-corrected chi connectivity index (χ3v) is 5.63. The van der Waals surface area contributed by atoms with Gasteiger partial charge in [-0.3, -0.25) is 0 Å². The van der Waals surface area contributed by atoms with Gasteiger partial charge in [0.1, 0.15) is 0 Å². The molecule has 29 heavy (non-hydrogen) atoms. The van der Waals surface area contributed by atoms with Crippen LogP contribution < -0.4 is 0 Å². The molecule has 4 rings (SSSR count). The van der Waals surface area contributed by atoms with Crippen molar-refractivity contribution in [3.8, 4) is 28.2 Å². The maximum Gasteiger partial charge on any atom is 0.0936 e. The molecule has 3 aromatic carbocycles. The van der Waals surface area contributed by atoms with E-state index >= 15 is 0 Å². The Hall–Kier alpha value is -3.13. The molecule has 146 valence electrons. The predicted molar refractivity (Wildman–Crippen MR) is 123 cm³/mol. The lowest BCUT2D eigenvalue weighted by Gasteiger charge is -2.13. The monoisotopic (exact) mass is 380 g/mol. The Kier molecular flexibility index (Phi) is 5.10. The van der Waals surface area contributed by atoms with E-state index in [4.69, 9.17) is 5.10 Å². The van der Waals surface area contributed by atoms with E-state index in [0.717, 1.165) is 23.5 Å². The van der Waals surface area contributed by atoms with Crippen molar-refractivity contribution in [2.45, 2.75) is 41.0 Å². The molecule has 1 heterocycles. The van der Waals surface area contributed by atoms with E-state index in [1.165, 1.54) is 38.9 Å². The van der Waals surface area contributed by atoms with Gasteiger partial charge in [-0.2, -0.15) is 5.10 Å². The second kappa shape index (κ2) is 7.71. The molecule has 2 nitrogen and oxygen atoms in total. The summed E-state index contributed by atoms with van der Waals surface area (Å²) in [6.45, 7) is 10.8. The molecule has 0 unspecified atom stereocenters. The Morgan fingerprint density at radius 2 is 1.34 bits per heavy atom. The molecule has 0 saturated heterocycles. The maximum absolute atomic E-state index is 5.11. The van der Waals surface area contributed by atoms with Gasteiger partial charge in [0.25, 0.3) is 0 Å². The first-order chi connectivity index (χ1) is 14.0. The van der Waals surface area contributed by atoms with Crippen molar-refractivity contribution in [1.29, 1.82) is 0 Å². The van der Waals surface area contributed by atoms with Crippen LogP contribution in [-0.4, -0.2) is 9.78 Å². The summed E-state index contributed by atoms with van der Waals surface area (Å²) >= 11 is 0. The Morgan fingerprint density at radius 3 is 1.97 bits per heavy atom. The van der Waals surface area contributed by atoms with Gasteiger partial charge in [-0.25, -0.2) is 4.68 Å². The van der Waals surface area contributed by atoms with Crippen LogP contribution in [0.15, 0.2) is 66.7 Å². The predicted octanol–water partition coefficient (Wildman–Crippen LogP) is 7.00. The van der Waals surface area contributed by atoms with Gasteiger partial charge < -0.3 is 0 Å². The molecule has 0 bridgehead atoms. The lowest BCUT2D eigenvalue weighted by Crippen LogP contribution is -2.03. The SMILES string of the molecule is CCc1ccccc1-n1nc(-c2ccc(C)cc2C)cc1-c1ccc(C)cc1C. The molecular weight excluding hydrogens is 352 g/mol. The van der Waals surface area contributed by atoms with E-state index in [1.54, 1.807) is 0 Å². The highest BCUT2D eigenvalue weighted by atomic mass is 15.3. The highest BCUT2D eigenvalue weighted by Crippen LogP contribution is 2.33. The fourth-order valence-electron chi connectivity index (χ4n) is 4.11. The molecule has 0 amide bonds. The number of nitrogens with zero attached hydrogens (tertiary/aromatic N) is 2. The van der Waals surface area contributed by atoms with Crippen LogP contribution in [0.4, 0.5) is 0 Å². The summed E-state index contributed by atoms with van der Waals surface area (Å²) in [7, 11) is 0. The fraction of sp³-hybridized carbons (Fsp3) is 0.222. The molecule has 0 aliphatic heterocycles. The summed E-state index contributed by atoms with van der Waals surface area (Å²) < 4.78 is 2.13. The highest BCUT2D eigenvalue weighted by Gasteiger charge is 2.17. The zero-order valence-corrected chi connectivity index (χ0v) is 18.0. The van der Waals surface area contributed by atoms with E-state index in [0.29, 0.717) is 0 Å². The van der Waals surface area contributed by atoms with Crippen LogP contribution in [0, 0.1) is 27.7 Å². The van der Waals surface area contributed by atoms with E-state index < -0.39 is 0 Å². The van der Waals surface area contributed by atoms with Gasteiger partial charge >= 0.3 is 0 Å². The molecule has 0 fully saturated rings. The molecule has 0 atom stereocenters. The molecule has 4 aromatic rings. The summed E-state index contributed by atoms with van der Waals surface area (Å²) in [6, 6.07) is 24.0. The molecule has 0 radical (unpaired) electrons. The van der Waals surface area contributed by atoms with Gasteiger partial charge in [-0.1, -0.05) is 72.6 Å². The van der Waals surface area contributed by atoms with E-state index in [-0.39, 0.29) is 0 Å². The first-order valence-corrected chi connectivity index (χ1v) is 10.3. The molecule has 1 aromatic heterocycles. The Morgan fingerprint density at radius 1 is 0.724 bits per heavy atom. The minimum absolute atomic E-state index is 0.973. The van der Waals surface area contributed by atoms with Crippen molar-refractivity contribution in [1.82, 2.24) is 9.78 Å². The number of hydrogen-bond acceptors (Lipinski definition) is 1. The average molecular weight is 381 g/mol. The van der Waals surface area contributed by atoms with Gasteiger partial charge in [0.15, 0.2) is 0 Å². The topological polar surface area (TPSA) is 17.8 Å². The third-order valence-electron chi connectivity index (χ3n) is 5.63. The lowest BCUT2D eigenvalue weighted by molar-refractivity contribution is 0.872. The van der Waals surface area contributed by atoms with Crippen LogP contribution in [-0.2, 0) is 6.42 Å². The maximum atomic E-state index is 5.11. The average Bonchev–Trinajstić information content (AvgIpc) is 3.12. The number of aromatic nitrogens is 2. The van der Waals surface area contributed by atoms with Crippen molar-refractivity contribution in [3.05, 3.63) is 94.5 Å². The van der Waals surface area contributed by atoms with Crippen molar-refractivity contribution in [2.75, 3.05) is 0 Å². The summed E-state index contributed by atoms with van der Waals surface area (Å²) in [5.74, 6) is 0. The van der Waals surface area contributed by atoms with Crippen molar-refractivity contribution >= 4 is 0 Å². The first kappa shape index (κ1) is 19.2. The smallest absolute Gasteiger partial charge is 0.0936 e. The minimum Gasteiger partial charge on any atom is -0.232 e. The number of para-hydroxylation sites is 1. The number of hydrogen-bond donors (Lipinski definition) is 0. The quantitative estimate of drug-likeness (QED) is 0.372. The zero-order chi connectivity index (χ0) is 20.5. The second-order valence-corrected chi connectivity index (χ2v) is 7.95. The normalized spacial score (nSPS) is 11.1. The lowest BCUT2D eigenvalue weighted by atomic mass is 10.00. The second-order valence-electron chi connectivity index (χ2n) is 7.95. The van der Waals surface area contributed by atoms with Crippen molar-refractivity contribution < 1.29 is 0 Å². The Bertz CT molecular complexity index is 1180. The minimum atomic E-state index is 0.973. The summed E-state index contributed by atoms with van der Waals surface area (Å²) in [5, 5.41) is 5.11. The summed E-state index contributed by atoms with van der Waals surface area (Å²) in [4.78, 5) is 0. The molecule has 2 heteroatoms. The van der Waals surface area contributed by atoms with Crippen LogP contribution >= 0.6 is 0 Å². The van der Waals surface area contributed by atoms with Gasteiger partial charge in [-0.15, -0.1) is 0 Å². The Labute approximate surface area is 173 Å².